The lowest BCUT2D eigenvalue weighted by molar-refractivity contribution is 0.111. The molecule has 1 aromatic heterocycles. The number of nitrogens with zero attached hydrogens (tertiary/aromatic N) is 1. The molecule has 0 atom stereocenters. The Kier molecular flexibility index (Phi) is 2.48. The van der Waals surface area contributed by atoms with Gasteiger partial charge in [0.1, 0.15) is 0 Å². The molecule has 82 valence electrons. The fourth-order valence-electron chi connectivity index (χ4n) is 1.71. The number of hydrogen-bond donors (Lipinski definition) is 0. The normalized spacial score (nSPS) is 10.4. The van der Waals surface area contributed by atoms with E-state index >= 15 is 0 Å². The molecule has 4 nitrogen and oxygen atoms in total. The lowest BCUT2D eigenvalue weighted by Gasteiger charge is -2.04. The second-order valence-corrected chi connectivity index (χ2v) is 3.55. The first-order chi connectivity index (χ1) is 7.67. The number of rotatable bonds is 1. The largest absolute Gasteiger partial charge is 0.452 e. The third-order valence-corrected chi connectivity index (χ3v) is 2.47. The Morgan fingerprint density at radius 1 is 1.38 bits per heavy atom. The zero-order valence-electron chi connectivity index (χ0n) is 9.06. The van der Waals surface area contributed by atoms with E-state index in [1.807, 2.05) is 25.1 Å². The second kappa shape index (κ2) is 3.81. The van der Waals surface area contributed by atoms with E-state index in [-0.39, 0.29) is 0 Å². The molecular weight excluding hydrogens is 206 g/mol. The van der Waals surface area contributed by atoms with Gasteiger partial charge in [-0.15, -0.1) is 0 Å². The summed E-state index contributed by atoms with van der Waals surface area (Å²) in [6, 6.07) is 7.31. The van der Waals surface area contributed by atoms with Crippen LogP contribution >= 0.6 is 0 Å². The molecule has 0 N–H and O–H groups in total. The molecule has 0 bridgehead atoms. The van der Waals surface area contributed by atoms with Crippen LogP contribution in [0.2, 0.25) is 0 Å². The number of aldehydes is 1. The van der Waals surface area contributed by atoms with Gasteiger partial charge in [-0.25, -0.2) is 9.36 Å². The van der Waals surface area contributed by atoms with E-state index < -0.39 is 6.09 Å². The summed E-state index contributed by atoms with van der Waals surface area (Å²) in [5, 5.41) is 0.845. The molecule has 1 heterocycles. The second-order valence-electron chi connectivity index (χ2n) is 3.55. The van der Waals surface area contributed by atoms with Gasteiger partial charge in [0.05, 0.1) is 18.3 Å². The third kappa shape index (κ3) is 1.48. The van der Waals surface area contributed by atoms with Crippen LogP contribution in [0.3, 0.4) is 0 Å². The number of hydrogen-bond acceptors (Lipinski definition) is 3. The number of carbonyl (C=O) groups is 2. The minimum Gasteiger partial charge on any atom is -0.452 e. The lowest BCUT2D eigenvalue weighted by atomic mass is 10.2. The predicted octanol–water partition coefficient (Wildman–Crippen LogP) is 2.38. The number of fused-ring (bicyclic) bond motifs is 1. The molecule has 0 unspecified atom stereocenters. The molecule has 1 aromatic carbocycles. The van der Waals surface area contributed by atoms with Crippen molar-refractivity contribution in [3.8, 4) is 0 Å². The van der Waals surface area contributed by atoms with E-state index in [9.17, 15) is 9.59 Å². The van der Waals surface area contributed by atoms with Gasteiger partial charge in [0.25, 0.3) is 0 Å². The molecule has 4 heteroatoms. The Bertz CT molecular complexity index is 569. The number of carbonyl (C=O) groups excluding carboxylic acids is 2. The summed E-state index contributed by atoms with van der Waals surface area (Å²) in [6.07, 6.45) is 0.0920. The van der Waals surface area contributed by atoms with Gasteiger partial charge in [-0.3, -0.25) is 4.79 Å². The van der Waals surface area contributed by atoms with Gasteiger partial charge in [0.2, 0.25) is 0 Å². The molecule has 0 saturated carbocycles. The van der Waals surface area contributed by atoms with E-state index in [2.05, 4.69) is 4.74 Å². The summed E-state index contributed by atoms with van der Waals surface area (Å²) >= 11 is 0. The van der Waals surface area contributed by atoms with Gasteiger partial charge in [0, 0.05) is 5.39 Å². The minimum absolute atomic E-state index is 0.299. The SMILES string of the molecule is COC(=O)n1c(C=O)cc2ccc(C)cc21. The highest BCUT2D eigenvalue weighted by molar-refractivity contribution is 5.97. The third-order valence-electron chi connectivity index (χ3n) is 2.47. The molecular formula is C12H11NO3. The monoisotopic (exact) mass is 217 g/mol. The average Bonchev–Trinajstić information content (AvgIpc) is 2.65. The van der Waals surface area contributed by atoms with Crippen molar-refractivity contribution in [3.63, 3.8) is 0 Å². The topological polar surface area (TPSA) is 48.3 Å². The summed E-state index contributed by atoms with van der Waals surface area (Å²) in [5.74, 6) is 0. The van der Waals surface area contributed by atoms with Crippen molar-refractivity contribution in [2.24, 2.45) is 0 Å². The van der Waals surface area contributed by atoms with Crippen LogP contribution in [0.1, 0.15) is 16.1 Å². The molecule has 0 aliphatic carbocycles. The summed E-state index contributed by atoms with van der Waals surface area (Å²) in [4.78, 5) is 22.4. The van der Waals surface area contributed by atoms with E-state index in [4.69, 9.17) is 0 Å². The maximum atomic E-state index is 11.6. The molecule has 0 aliphatic heterocycles. The van der Waals surface area contributed by atoms with Crippen molar-refractivity contribution < 1.29 is 14.3 Å². The summed E-state index contributed by atoms with van der Waals surface area (Å²) < 4.78 is 5.92. The number of methoxy groups -OCH3 is 1. The van der Waals surface area contributed by atoms with Crippen molar-refractivity contribution in [1.29, 1.82) is 0 Å². The van der Waals surface area contributed by atoms with Crippen LogP contribution in [0, 0.1) is 6.92 Å². The number of benzene rings is 1. The fourth-order valence-corrected chi connectivity index (χ4v) is 1.71. The molecule has 16 heavy (non-hydrogen) atoms. The first-order valence-corrected chi connectivity index (χ1v) is 4.83. The lowest BCUT2D eigenvalue weighted by Crippen LogP contribution is -2.13. The molecule has 2 aromatic rings. The zero-order chi connectivity index (χ0) is 11.7. The van der Waals surface area contributed by atoms with Crippen LogP contribution < -0.4 is 0 Å². The Labute approximate surface area is 92.4 Å². The first-order valence-electron chi connectivity index (χ1n) is 4.83. The highest BCUT2D eigenvalue weighted by atomic mass is 16.5. The van der Waals surface area contributed by atoms with Crippen LogP contribution in [0.4, 0.5) is 4.79 Å². The van der Waals surface area contributed by atoms with Gasteiger partial charge in [-0.05, 0) is 24.6 Å². The quantitative estimate of drug-likeness (QED) is 0.689. The molecule has 0 saturated heterocycles. The van der Waals surface area contributed by atoms with Gasteiger partial charge < -0.3 is 4.74 Å². The van der Waals surface area contributed by atoms with E-state index in [0.29, 0.717) is 17.5 Å². The van der Waals surface area contributed by atoms with Gasteiger partial charge in [0.15, 0.2) is 6.29 Å². The van der Waals surface area contributed by atoms with Crippen molar-refractivity contribution in [3.05, 3.63) is 35.5 Å². The van der Waals surface area contributed by atoms with Crippen molar-refractivity contribution in [1.82, 2.24) is 4.57 Å². The van der Waals surface area contributed by atoms with Crippen LogP contribution in [0.25, 0.3) is 10.9 Å². The van der Waals surface area contributed by atoms with Crippen molar-refractivity contribution >= 4 is 23.3 Å². The van der Waals surface area contributed by atoms with Crippen LogP contribution in [0.15, 0.2) is 24.3 Å². The zero-order valence-corrected chi connectivity index (χ0v) is 9.06. The van der Waals surface area contributed by atoms with Crippen molar-refractivity contribution in [2.45, 2.75) is 6.92 Å². The fraction of sp³-hybridized carbons (Fsp3) is 0.167. The Morgan fingerprint density at radius 2 is 2.12 bits per heavy atom. The predicted molar refractivity (Wildman–Crippen MR) is 59.9 cm³/mol. The Morgan fingerprint density at radius 3 is 2.75 bits per heavy atom. The minimum atomic E-state index is -0.553. The number of ether oxygens (including phenoxy) is 1. The molecule has 0 spiro atoms. The standard InChI is InChI=1S/C12H11NO3/c1-8-3-4-9-6-10(7-14)13(11(9)5-8)12(15)16-2/h3-7H,1-2H3. The summed E-state index contributed by atoms with van der Waals surface area (Å²) in [6.45, 7) is 1.93. The number of aryl methyl sites for hydroxylation is 1. The van der Waals surface area contributed by atoms with E-state index in [0.717, 1.165) is 10.9 Å². The molecule has 0 radical (unpaired) electrons. The van der Waals surface area contributed by atoms with Crippen LogP contribution in [-0.2, 0) is 4.74 Å². The molecule has 2 rings (SSSR count). The van der Waals surface area contributed by atoms with Gasteiger partial charge in [-0.1, -0.05) is 12.1 Å². The van der Waals surface area contributed by atoms with E-state index in [1.54, 1.807) is 6.07 Å². The first kappa shape index (κ1) is 10.4. The highest BCUT2D eigenvalue weighted by Crippen LogP contribution is 2.20. The van der Waals surface area contributed by atoms with Gasteiger partial charge >= 0.3 is 6.09 Å². The summed E-state index contributed by atoms with van der Waals surface area (Å²) in [7, 11) is 1.29. The van der Waals surface area contributed by atoms with Crippen LogP contribution in [-0.4, -0.2) is 24.1 Å². The summed E-state index contributed by atoms with van der Waals surface area (Å²) in [5.41, 5.74) is 2.01. The smallest absolute Gasteiger partial charge is 0.418 e. The van der Waals surface area contributed by atoms with Crippen LogP contribution in [0.5, 0.6) is 0 Å². The van der Waals surface area contributed by atoms with Gasteiger partial charge in [-0.2, -0.15) is 0 Å². The molecule has 0 fully saturated rings. The Hall–Kier alpha value is -2.10. The Balaban J connectivity index is 2.80. The maximum Gasteiger partial charge on any atom is 0.418 e. The van der Waals surface area contributed by atoms with Crippen molar-refractivity contribution in [2.75, 3.05) is 7.11 Å². The average molecular weight is 217 g/mol. The van der Waals surface area contributed by atoms with E-state index in [1.165, 1.54) is 11.7 Å². The molecule has 0 amide bonds. The maximum absolute atomic E-state index is 11.6. The molecule has 0 aliphatic rings. The number of aromatic nitrogens is 1. The highest BCUT2D eigenvalue weighted by Gasteiger charge is 2.14.